The smallest absolute Gasteiger partial charge is 0.491 e. The van der Waals surface area contributed by atoms with Crippen molar-refractivity contribution in [2.24, 2.45) is 0 Å². The van der Waals surface area contributed by atoms with Crippen molar-refractivity contribution in [3.63, 3.8) is 0 Å². The Bertz CT molecular complexity index is 553. The van der Waals surface area contributed by atoms with Gasteiger partial charge >= 0.3 is 58.4 Å². The van der Waals surface area contributed by atoms with Crippen molar-refractivity contribution in [1.82, 2.24) is 4.57 Å². The van der Waals surface area contributed by atoms with Crippen LogP contribution in [0.3, 0.4) is 0 Å². The molecule has 0 unspecified atom stereocenters. The van der Waals surface area contributed by atoms with E-state index in [-0.39, 0.29) is 57.5 Å². The van der Waals surface area contributed by atoms with Gasteiger partial charge < -0.3 is 22.3 Å². The first-order valence-corrected chi connectivity index (χ1v) is 5.82. The van der Waals surface area contributed by atoms with Gasteiger partial charge in [-0.15, -0.1) is 0 Å². The summed E-state index contributed by atoms with van der Waals surface area (Å²) in [5, 5.41) is 0.758. The molecule has 0 fully saturated rings. The molecule has 19 heavy (non-hydrogen) atoms. The third kappa shape index (κ3) is 4.82. The maximum atomic E-state index is 12.4. The Labute approximate surface area is 152 Å². The minimum absolute atomic E-state index is 0. The summed E-state index contributed by atoms with van der Waals surface area (Å²) < 4.78 is 44.0. The Hall–Kier alpha value is 0.0513. The van der Waals surface area contributed by atoms with Gasteiger partial charge in [-0.1, -0.05) is 0 Å². The van der Waals surface area contributed by atoms with Gasteiger partial charge in [0.15, 0.2) is 0 Å². The summed E-state index contributed by atoms with van der Waals surface area (Å²) in [4.78, 5) is 0. The molecular weight excluding hydrogens is 281 g/mol. The topological polar surface area (TPSA) is 14.2 Å². The van der Waals surface area contributed by atoms with Gasteiger partial charge in [0.1, 0.15) is 5.75 Å². The van der Waals surface area contributed by atoms with E-state index in [1.807, 2.05) is 13.8 Å². The molecule has 0 N–H and O–H groups in total. The number of fused-ring (bicyclic) bond motifs is 1. The molecule has 0 atom stereocenters. The zero-order valence-electron chi connectivity index (χ0n) is 11.2. The molecule has 0 amide bonds. The second-order valence-corrected chi connectivity index (χ2v) is 4.57. The summed E-state index contributed by atoms with van der Waals surface area (Å²) in [6.45, 7) is -1.02. The first-order valence-electron chi connectivity index (χ1n) is 5.82. The molecule has 0 bridgehead atoms. The third-order valence-electron chi connectivity index (χ3n) is 2.52. The minimum atomic E-state index is -4.83. The Morgan fingerprint density at radius 3 is 2.47 bits per heavy atom. The van der Waals surface area contributed by atoms with Gasteiger partial charge in [0.25, 0.3) is 0 Å². The van der Waals surface area contributed by atoms with E-state index in [0.717, 1.165) is 5.39 Å². The summed E-state index contributed by atoms with van der Waals surface area (Å²) in [6.07, 6.45) is 0.593. The number of benzene rings is 1. The van der Waals surface area contributed by atoms with Gasteiger partial charge in [0.05, 0.1) is 6.10 Å². The van der Waals surface area contributed by atoms with Gasteiger partial charge in [-0.3, -0.25) is 0 Å². The van der Waals surface area contributed by atoms with Crippen molar-refractivity contribution < 1.29 is 69.1 Å². The molecule has 2 rings (SSSR count). The second-order valence-electron chi connectivity index (χ2n) is 4.57. The van der Waals surface area contributed by atoms with E-state index in [4.69, 9.17) is 4.74 Å². The Morgan fingerprint density at radius 1 is 1.21 bits per heavy atom. The quantitative estimate of drug-likeness (QED) is 0.762. The maximum Gasteiger partial charge on any atom is 1.00 e. The van der Waals surface area contributed by atoms with Crippen LogP contribution in [0, 0.1) is 0 Å². The Kier molecular flexibility index (Phi) is 6.00. The summed E-state index contributed by atoms with van der Waals surface area (Å²) >= 11 is 0. The van der Waals surface area contributed by atoms with Crippen molar-refractivity contribution in [3.8, 4) is 5.75 Å². The molecule has 0 spiro atoms. The fourth-order valence-electron chi connectivity index (χ4n) is 1.91. The average molecular weight is 295 g/mol. The summed E-state index contributed by atoms with van der Waals surface area (Å²) in [7, 11) is 0. The molecule has 0 aliphatic heterocycles. The predicted octanol–water partition coefficient (Wildman–Crippen LogP) is 0.819. The third-order valence-corrected chi connectivity index (χ3v) is 2.52. The standard InChI is InChI=1S/C12H14BF3NO.K/c1-9(2)18-11-3-4-12-10(7-11)5-6-17(12)8-13(14,15)16;/h3-7,9H,8H2,1-2H3;/q-1;+1. The Morgan fingerprint density at radius 2 is 1.89 bits per heavy atom. The zero-order chi connectivity index (χ0) is 13.3. The van der Waals surface area contributed by atoms with E-state index in [9.17, 15) is 12.9 Å². The summed E-state index contributed by atoms with van der Waals surface area (Å²) in [6, 6.07) is 6.79. The summed E-state index contributed by atoms with van der Waals surface area (Å²) in [5.74, 6) is 0.674. The van der Waals surface area contributed by atoms with Crippen LogP contribution in [0.5, 0.6) is 5.75 Å². The van der Waals surface area contributed by atoms with Crippen molar-refractivity contribution in [1.29, 1.82) is 0 Å². The van der Waals surface area contributed by atoms with Crippen molar-refractivity contribution >= 4 is 17.9 Å². The molecule has 98 valence electrons. The average Bonchev–Trinajstić information content (AvgIpc) is 2.57. The van der Waals surface area contributed by atoms with Crippen LogP contribution in [0.2, 0.25) is 0 Å². The fraction of sp³-hybridized carbons (Fsp3) is 0.333. The largest absolute Gasteiger partial charge is 1.00 e. The van der Waals surface area contributed by atoms with Gasteiger partial charge in [0.2, 0.25) is 0 Å². The normalized spacial score (nSPS) is 11.7. The molecule has 2 aromatic rings. The molecular formula is C12H14BF3KNO. The molecule has 1 aromatic heterocycles. The number of ether oxygens (including phenoxy) is 1. The number of hydrogen-bond acceptors (Lipinski definition) is 1. The van der Waals surface area contributed by atoms with Crippen LogP contribution in [0.25, 0.3) is 10.9 Å². The fourth-order valence-corrected chi connectivity index (χ4v) is 1.91. The van der Waals surface area contributed by atoms with E-state index < -0.39 is 13.4 Å². The van der Waals surface area contributed by atoms with Crippen LogP contribution in [0.15, 0.2) is 30.5 Å². The molecule has 0 saturated heterocycles. The minimum Gasteiger partial charge on any atom is -0.491 e. The van der Waals surface area contributed by atoms with E-state index in [0.29, 0.717) is 11.3 Å². The first kappa shape index (κ1) is 17.1. The molecule has 7 heteroatoms. The molecule has 0 saturated carbocycles. The van der Waals surface area contributed by atoms with E-state index in [1.54, 1.807) is 24.3 Å². The van der Waals surface area contributed by atoms with Crippen LogP contribution in [0.4, 0.5) is 12.9 Å². The number of aromatic nitrogens is 1. The predicted molar refractivity (Wildman–Crippen MR) is 66.8 cm³/mol. The van der Waals surface area contributed by atoms with Crippen LogP contribution in [-0.2, 0) is 6.44 Å². The molecule has 1 aromatic carbocycles. The maximum absolute atomic E-state index is 12.4. The van der Waals surface area contributed by atoms with Gasteiger partial charge in [-0.2, -0.15) is 0 Å². The van der Waals surface area contributed by atoms with Crippen LogP contribution in [0.1, 0.15) is 13.8 Å². The molecule has 0 radical (unpaired) electrons. The molecule has 2 nitrogen and oxygen atoms in total. The van der Waals surface area contributed by atoms with Crippen molar-refractivity contribution in [2.75, 3.05) is 0 Å². The summed E-state index contributed by atoms with van der Waals surface area (Å²) in [5.41, 5.74) is 0.574. The second kappa shape index (κ2) is 6.67. The molecule has 1 heterocycles. The van der Waals surface area contributed by atoms with Crippen LogP contribution in [-0.4, -0.2) is 17.6 Å². The number of hydrogen-bond donors (Lipinski definition) is 0. The first-order chi connectivity index (χ1) is 8.35. The van der Waals surface area contributed by atoms with Crippen LogP contribution < -0.4 is 56.1 Å². The molecule has 0 aliphatic rings. The number of halogens is 3. The van der Waals surface area contributed by atoms with E-state index in [2.05, 4.69) is 0 Å². The number of nitrogens with zero attached hydrogens (tertiary/aromatic N) is 1. The van der Waals surface area contributed by atoms with E-state index in [1.165, 1.54) is 10.8 Å². The monoisotopic (exact) mass is 295 g/mol. The Balaban J connectivity index is 0.00000180. The number of rotatable bonds is 4. The molecule has 0 aliphatic carbocycles. The van der Waals surface area contributed by atoms with Gasteiger partial charge in [-0.05, 0) is 44.6 Å². The van der Waals surface area contributed by atoms with Crippen molar-refractivity contribution in [2.45, 2.75) is 26.4 Å². The van der Waals surface area contributed by atoms with Gasteiger partial charge in [-0.25, -0.2) is 0 Å². The zero-order valence-corrected chi connectivity index (χ0v) is 14.4. The van der Waals surface area contributed by atoms with Crippen molar-refractivity contribution in [3.05, 3.63) is 30.5 Å². The van der Waals surface area contributed by atoms with Crippen LogP contribution >= 0.6 is 0 Å². The van der Waals surface area contributed by atoms with E-state index >= 15 is 0 Å². The van der Waals surface area contributed by atoms with Gasteiger partial charge in [0, 0.05) is 17.1 Å². The SMILES string of the molecule is CC(C)Oc1ccc2c(ccn2C[B-](F)(F)F)c1.[K+].